The van der Waals surface area contributed by atoms with Crippen molar-refractivity contribution >= 4 is 11.8 Å². The Balaban J connectivity index is 1.50. The molecule has 1 N–H and O–H groups in total. The maximum absolute atomic E-state index is 12.8. The summed E-state index contributed by atoms with van der Waals surface area (Å²) >= 11 is 0. The zero-order valence-electron chi connectivity index (χ0n) is 16.0. The molecule has 3 saturated heterocycles. The highest BCUT2D eigenvalue weighted by molar-refractivity contribution is 5.89. The Hall–Kier alpha value is -2.17. The van der Waals surface area contributed by atoms with Gasteiger partial charge in [-0.25, -0.2) is 4.98 Å². The lowest BCUT2D eigenvalue weighted by Gasteiger charge is -2.55. The molecule has 3 fully saturated rings. The average Bonchev–Trinajstić information content (AvgIpc) is 3.18. The van der Waals surface area contributed by atoms with Gasteiger partial charge in [0.15, 0.2) is 0 Å². The standard InChI is InChI=1S/C18H25F3N6O2/c19-18(20,21)9-23-17(29)16-13-6-12(14-2-1-3-15(28)27(14)16)7-25(8-13)4-5-26-11-22-10-24-26/h10-14,16H,1-9H2,(H,23,29)/t12-,13+,14-,16+/m0/s1. The van der Waals surface area contributed by atoms with Gasteiger partial charge in [0.25, 0.3) is 0 Å². The van der Waals surface area contributed by atoms with Crippen LogP contribution < -0.4 is 5.32 Å². The van der Waals surface area contributed by atoms with Crippen molar-refractivity contribution in [1.29, 1.82) is 0 Å². The molecule has 0 saturated carbocycles. The van der Waals surface area contributed by atoms with E-state index in [1.807, 2.05) is 5.32 Å². The van der Waals surface area contributed by atoms with Crippen molar-refractivity contribution in [3.8, 4) is 0 Å². The minimum Gasteiger partial charge on any atom is -0.345 e. The number of amides is 2. The molecule has 0 spiro atoms. The van der Waals surface area contributed by atoms with E-state index in [2.05, 4.69) is 15.0 Å². The van der Waals surface area contributed by atoms with E-state index in [-0.39, 0.29) is 23.8 Å². The van der Waals surface area contributed by atoms with Gasteiger partial charge in [0.2, 0.25) is 11.8 Å². The van der Waals surface area contributed by atoms with Crippen LogP contribution in [0.1, 0.15) is 25.7 Å². The molecule has 4 heterocycles. The number of likely N-dealkylation sites (tertiary alicyclic amines) is 1. The Morgan fingerprint density at radius 3 is 2.76 bits per heavy atom. The molecule has 4 atom stereocenters. The predicted molar refractivity (Wildman–Crippen MR) is 95.4 cm³/mol. The Morgan fingerprint density at radius 2 is 2.03 bits per heavy atom. The maximum atomic E-state index is 12.8. The molecule has 0 unspecified atom stereocenters. The molecule has 29 heavy (non-hydrogen) atoms. The fourth-order valence-corrected chi connectivity index (χ4v) is 5.16. The number of hydrogen-bond acceptors (Lipinski definition) is 5. The predicted octanol–water partition coefficient (Wildman–Crippen LogP) is 0.658. The summed E-state index contributed by atoms with van der Waals surface area (Å²) in [5.41, 5.74) is 0. The lowest BCUT2D eigenvalue weighted by atomic mass is 9.71. The van der Waals surface area contributed by atoms with Crippen LogP contribution in [0.3, 0.4) is 0 Å². The lowest BCUT2D eigenvalue weighted by Crippen LogP contribution is -2.68. The van der Waals surface area contributed by atoms with Crippen molar-refractivity contribution < 1.29 is 22.8 Å². The number of hydrogen-bond donors (Lipinski definition) is 1. The van der Waals surface area contributed by atoms with Crippen molar-refractivity contribution in [2.75, 3.05) is 26.2 Å². The molecule has 160 valence electrons. The van der Waals surface area contributed by atoms with Crippen LogP contribution >= 0.6 is 0 Å². The first-order chi connectivity index (χ1) is 13.8. The van der Waals surface area contributed by atoms with Crippen molar-refractivity contribution in [1.82, 2.24) is 29.9 Å². The van der Waals surface area contributed by atoms with Gasteiger partial charge in [0.05, 0.1) is 6.54 Å². The number of aromatic nitrogens is 3. The molecule has 1 aromatic rings. The number of carbonyl (C=O) groups is 2. The normalized spacial score (nSPS) is 30.2. The first-order valence-corrected chi connectivity index (χ1v) is 10.0. The molecule has 0 aliphatic carbocycles. The highest BCUT2D eigenvalue weighted by Crippen LogP contribution is 2.41. The molecule has 3 aliphatic rings. The molecular formula is C18H25F3N6O2. The van der Waals surface area contributed by atoms with E-state index in [1.165, 1.54) is 6.33 Å². The van der Waals surface area contributed by atoms with Gasteiger partial charge in [0, 0.05) is 38.0 Å². The average molecular weight is 414 g/mol. The number of fused-ring (bicyclic) bond motifs is 4. The second-order valence-electron chi connectivity index (χ2n) is 8.21. The smallest absolute Gasteiger partial charge is 0.345 e. The largest absolute Gasteiger partial charge is 0.405 e. The van der Waals surface area contributed by atoms with E-state index < -0.39 is 24.7 Å². The number of nitrogens with one attached hydrogen (secondary N) is 1. The molecule has 0 radical (unpaired) electrons. The van der Waals surface area contributed by atoms with Crippen LogP contribution in [0.5, 0.6) is 0 Å². The van der Waals surface area contributed by atoms with Crippen molar-refractivity contribution in [2.45, 2.75) is 50.5 Å². The van der Waals surface area contributed by atoms with Gasteiger partial charge >= 0.3 is 6.18 Å². The highest BCUT2D eigenvalue weighted by atomic mass is 19.4. The van der Waals surface area contributed by atoms with Gasteiger partial charge < -0.3 is 15.1 Å². The second-order valence-corrected chi connectivity index (χ2v) is 8.21. The zero-order valence-corrected chi connectivity index (χ0v) is 16.0. The molecule has 2 amide bonds. The SMILES string of the molecule is O=C(NCC(F)(F)F)[C@H]1[C@@H]2C[C@@H](CN(CCn3cncn3)C2)[C@@H]2CCCC(=O)N21. The molecule has 0 aromatic carbocycles. The quantitative estimate of drug-likeness (QED) is 0.765. The Bertz CT molecular complexity index is 740. The highest BCUT2D eigenvalue weighted by Gasteiger charge is 2.52. The number of piperidine rings is 3. The molecule has 3 aliphatic heterocycles. The number of nitrogens with zero attached hydrogens (tertiary/aromatic N) is 5. The third-order valence-electron chi connectivity index (χ3n) is 6.26. The summed E-state index contributed by atoms with van der Waals surface area (Å²) in [6.07, 6.45) is 1.30. The van der Waals surface area contributed by atoms with Crippen LogP contribution in [0.15, 0.2) is 12.7 Å². The Labute approximate surface area is 166 Å². The van der Waals surface area contributed by atoms with Crippen LogP contribution in [-0.4, -0.2) is 80.8 Å². The molecule has 11 heteroatoms. The van der Waals surface area contributed by atoms with E-state index in [9.17, 15) is 22.8 Å². The Kier molecular flexibility index (Phi) is 5.50. The molecule has 8 nitrogen and oxygen atoms in total. The van der Waals surface area contributed by atoms with Gasteiger partial charge in [-0.3, -0.25) is 14.3 Å². The summed E-state index contributed by atoms with van der Waals surface area (Å²) in [5, 5.41) is 6.11. The summed E-state index contributed by atoms with van der Waals surface area (Å²) in [6, 6.07) is -0.913. The number of carbonyl (C=O) groups excluding carboxylic acids is 2. The van der Waals surface area contributed by atoms with Crippen molar-refractivity contribution in [3.05, 3.63) is 12.7 Å². The van der Waals surface area contributed by atoms with E-state index in [1.54, 1.807) is 15.9 Å². The van der Waals surface area contributed by atoms with Gasteiger partial charge in [0.1, 0.15) is 25.2 Å². The summed E-state index contributed by atoms with van der Waals surface area (Å²) < 4.78 is 39.6. The fraction of sp³-hybridized carbons (Fsp3) is 0.778. The third kappa shape index (κ3) is 4.39. The molecular weight excluding hydrogens is 389 g/mol. The lowest BCUT2D eigenvalue weighted by molar-refractivity contribution is -0.163. The first-order valence-electron chi connectivity index (χ1n) is 10.0. The third-order valence-corrected chi connectivity index (χ3v) is 6.26. The van der Waals surface area contributed by atoms with E-state index in [4.69, 9.17) is 0 Å². The summed E-state index contributed by atoms with van der Waals surface area (Å²) in [6.45, 7) is 1.38. The van der Waals surface area contributed by atoms with Crippen LogP contribution in [-0.2, 0) is 16.1 Å². The number of alkyl halides is 3. The van der Waals surface area contributed by atoms with E-state index in [0.29, 0.717) is 26.1 Å². The minimum atomic E-state index is -4.48. The van der Waals surface area contributed by atoms with E-state index >= 15 is 0 Å². The summed E-state index contributed by atoms with van der Waals surface area (Å²) in [7, 11) is 0. The van der Waals surface area contributed by atoms with Crippen LogP contribution in [0.4, 0.5) is 13.2 Å². The molecule has 1 aromatic heterocycles. The molecule has 2 bridgehead atoms. The van der Waals surface area contributed by atoms with Crippen LogP contribution in [0.2, 0.25) is 0 Å². The van der Waals surface area contributed by atoms with Crippen LogP contribution in [0.25, 0.3) is 0 Å². The van der Waals surface area contributed by atoms with Gasteiger partial charge in [-0.1, -0.05) is 0 Å². The van der Waals surface area contributed by atoms with Crippen molar-refractivity contribution in [3.63, 3.8) is 0 Å². The van der Waals surface area contributed by atoms with E-state index in [0.717, 1.165) is 25.8 Å². The van der Waals surface area contributed by atoms with Gasteiger partial charge in [-0.05, 0) is 25.2 Å². The second kappa shape index (κ2) is 7.92. The summed E-state index contributed by atoms with van der Waals surface area (Å²) in [4.78, 5) is 33.2. The van der Waals surface area contributed by atoms with Crippen molar-refractivity contribution in [2.24, 2.45) is 11.8 Å². The van der Waals surface area contributed by atoms with Crippen LogP contribution in [0, 0.1) is 11.8 Å². The van der Waals surface area contributed by atoms with Gasteiger partial charge in [-0.15, -0.1) is 0 Å². The topological polar surface area (TPSA) is 83.4 Å². The van der Waals surface area contributed by atoms with Gasteiger partial charge in [-0.2, -0.15) is 18.3 Å². The first kappa shape index (κ1) is 20.1. The number of halogens is 3. The Morgan fingerprint density at radius 1 is 1.24 bits per heavy atom. The fourth-order valence-electron chi connectivity index (χ4n) is 5.16. The summed E-state index contributed by atoms with van der Waals surface area (Å²) in [5.74, 6) is -0.736. The molecule has 4 rings (SSSR count). The maximum Gasteiger partial charge on any atom is 0.405 e. The number of rotatable bonds is 5. The monoisotopic (exact) mass is 414 g/mol. The minimum absolute atomic E-state index is 0.0803. The zero-order chi connectivity index (χ0) is 20.6.